The minimum Gasteiger partial charge on any atom is -0.465 e. The number of ether oxygens (including phenoxy) is 4. The van der Waals surface area contributed by atoms with Gasteiger partial charge in [-0.05, 0) is 55.5 Å². The van der Waals surface area contributed by atoms with E-state index in [1.54, 1.807) is 60.0 Å². The molecule has 0 amide bonds. The van der Waals surface area contributed by atoms with Gasteiger partial charge < -0.3 is 18.9 Å². The third kappa shape index (κ3) is 8.04. The molecule has 0 spiro atoms. The van der Waals surface area contributed by atoms with Gasteiger partial charge in [0.15, 0.2) is 18.0 Å². The van der Waals surface area contributed by atoms with Gasteiger partial charge in [-0.3, -0.25) is 8.80 Å². The molecule has 0 aliphatic heterocycles. The summed E-state index contributed by atoms with van der Waals surface area (Å²) in [6.45, 7) is 0.332. The van der Waals surface area contributed by atoms with Gasteiger partial charge >= 0.3 is 30.1 Å². The normalized spacial score (nSPS) is 11.0. The number of alkyl halides is 3. The summed E-state index contributed by atoms with van der Waals surface area (Å²) in [6, 6.07) is 23.1. The third-order valence-electron chi connectivity index (χ3n) is 7.25. The molecule has 6 rings (SSSR count). The van der Waals surface area contributed by atoms with Crippen molar-refractivity contribution < 1.29 is 51.3 Å². The summed E-state index contributed by atoms with van der Waals surface area (Å²) in [5, 5.41) is 0. The van der Waals surface area contributed by atoms with E-state index in [4.69, 9.17) is 9.47 Å². The topological polar surface area (TPSA) is 140 Å². The number of imidazole rings is 2. The van der Waals surface area contributed by atoms with Gasteiger partial charge in [-0.25, -0.2) is 29.1 Å². The van der Waals surface area contributed by atoms with Gasteiger partial charge in [0.05, 0.1) is 32.0 Å². The van der Waals surface area contributed by atoms with Crippen molar-refractivity contribution in [1.29, 1.82) is 0 Å². The van der Waals surface area contributed by atoms with Gasteiger partial charge in [0.2, 0.25) is 0 Å². The van der Waals surface area contributed by atoms with Crippen LogP contribution in [0.2, 0.25) is 0 Å². The molecule has 4 heterocycles. The first kappa shape index (κ1) is 35.8. The molecule has 0 unspecified atom stereocenters. The number of aromatic nitrogens is 4. The second-order valence-electron chi connectivity index (χ2n) is 10.5. The summed E-state index contributed by atoms with van der Waals surface area (Å²) in [7, 11) is 2.57. The molecule has 0 bridgehead atoms. The van der Waals surface area contributed by atoms with Crippen LogP contribution in [-0.2, 0) is 18.9 Å². The maximum Gasteiger partial charge on any atom is 0.422 e. The number of fused-ring (bicyclic) bond motifs is 2. The first-order valence-corrected chi connectivity index (χ1v) is 15.2. The lowest BCUT2D eigenvalue weighted by Gasteiger charge is -2.09. The highest BCUT2D eigenvalue weighted by Gasteiger charge is 2.32. The van der Waals surface area contributed by atoms with Crippen LogP contribution in [0.3, 0.4) is 0 Å². The second kappa shape index (κ2) is 15.4. The van der Waals surface area contributed by atoms with Crippen molar-refractivity contribution in [3.8, 4) is 22.5 Å². The average Bonchev–Trinajstić information content (AvgIpc) is 3.73. The lowest BCUT2D eigenvalue weighted by Crippen LogP contribution is -2.21. The maximum atomic E-state index is 12.4. The molecular weight excluding hydrogens is 673 g/mol. The summed E-state index contributed by atoms with van der Waals surface area (Å²) < 4.78 is 59.1. The van der Waals surface area contributed by atoms with Crippen molar-refractivity contribution in [2.24, 2.45) is 0 Å². The monoisotopic (exact) mass is 702 g/mol. The smallest absolute Gasteiger partial charge is 0.422 e. The first-order chi connectivity index (χ1) is 24.4. The second-order valence-corrected chi connectivity index (χ2v) is 10.5. The Morgan fingerprint density at radius 2 is 1.02 bits per heavy atom. The molecule has 262 valence electrons. The number of carbonyl (C=O) groups is 4. The lowest BCUT2D eigenvalue weighted by molar-refractivity contribution is -0.161. The number of methoxy groups -OCH3 is 2. The predicted molar refractivity (Wildman–Crippen MR) is 176 cm³/mol. The van der Waals surface area contributed by atoms with Crippen LogP contribution >= 0.6 is 0 Å². The number of pyridine rings is 2. The number of rotatable bonds is 8. The Hall–Kier alpha value is -6.51. The van der Waals surface area contributed by atoms with E-state index in [0.29, 0.717) is 33.8 Å². The fourth-order valence-corrected chi connectivity index (χ4v) is 4.96. The van der Waals surface area contributed by atoms with Crippen molar-refractivity contribution in [2.75, 3.05) is 27.4 Å². The predicted octanol–water partition coefficient (Wildman–Crippen LogP) is 6.47. The quantitative estimate of drug-likeness (QED) is 0.128. The average molecular weight is 703 g/mol. The van der Waals surface area contributed by atoms with Crippen LogP contribution in [0.1, 0.15) is 48.6 Å². The molecule has 0 fully saturated rings. The van der Waals surface area contributed by atoms with Crippen molar-refractivity contribution >= 4 is 35.2 Å². The molecule has 51 heavy (non-hydrogen) atoms. The van der Waals surface area contributed by atoms with Crippen LogP contribution in [0.25, 0.3) is 33.8 Å². The zero-order chi connectivity index (χ0) is 36.7. The molecule has 0 radical (unpaired) electrons. The largest absolute Gasteiger partial charge is 0.465 e. The zero-order valence-electron chi connectivity index (χ0n) is 27.3. The Labute approximate surface area is 288 Å². The van der Waals surface area contributed by atoms with Crippen LogP contribution in [0.5, 0.6) is 0 Å². The molecule has 0 saturated carbocycles. The zero-order valence-corrected chi connectivity index (χ0v) is 27.3. The number of carbonyl (C=O) groups excluding carboxylic acids is 4. The van der Waals surface area contributed by atoms with Crippen LogP contribution in [0.4, 0.5) is 13.2 Å². The van der Waals surface area contributed by atoms with Crippen molar-refractivity contribution in [2.45, 2.75) is 13.1 Å². The summed E-state index contributed by atoms with van der Waals surface area (Å²) in [4.78, 5) is 56.6. The fourth-order valence-electron chi connectivity index (χ4n) is 4.96. The maximum absolute atomic E-state index is 12.4. The van der Waals surface area contributed by atoms with E-state index < -0.39 is 36.7 Å². The molecule has 2 aromatic carbocycles. The number of hydrogen-bond acceptors (Lipinski definition) is 10. The highest BCUT2D eigenvalue weighted by Crippen LogP contribution is 2.28. The number of nitrogens with zero attached hydrogens (tertiary/aromatic N) is 4. The van der Waals surface area contributed by atoms with E-state index in [-0.39, 0.29) is 23.6 Å². The van der Waals surface area contributed by atoms with Gasteiger partial charge in [-0.2, -0.15) is 13.2 Å². The van der Waals surface area contributed by atoms with E-state index in [0.717, 1.165) is 5.56 Å². The third-order valence-corrected chi connectivity index (χ3v) is 7.25. The lowest BCUT2D eigenvalue weighted by atomic mass is 10.1. The fraction of sp³-hybridized carbons (Fsp3) is 0.167. The minimum atomic E-state index is -4.64. The SMILES string of the molecule is CCOC(=O)c1c(-c2ccc(C(=O)OC)cc2)nc2ccccn12.COC(=O)c1ccc(-c2nc3ccccn3c2C(=O)OCC(F)(F)F)cc1. The molecule has 0 aliphatic carbocycles. The number of esters is 4. The van der Waals surface area contributed by atoms with E-state index in [1.807, 2.05) is 18.2 Å². The summed E-state index contributed by atoms with van der Waals surface area (Å²) in [5.41, 5.74) is 3.75. The number of halogens is 3. The summed E-state index contributed by atoms with van der Waals surface area (Å²) in [5.74, 6) is -2.55. The Morgan fingerprint density at radius 3 is 1.39 bits per heavy atom. The van der Waals surface area contributed by atoms with Crippen LogP contribution in [0, 0.1) is 0 Å². The number of benzene rings is 2. The van der Waals surface area contributed by atoms with Gasteiger partial charge in [-0.1, -0.05) is 36.4 Å². The minimum absolute atomic E-state index is 0.138. The number of hydrogen-bond donors (Lipinski definition) is 0. The Morgan fingerprint density at radius 1 is 0.608 bits per heavy atom. The Kier molecular flexibility index (Phi) is 10.8. The van der Waals surface area contributed by atoms with E-state index >= 15 is 0 Å². The van der Waals surface area contributed by atoms with Gasteiger partial charge in [0.1, 0.15) is 22.7 Å². The van der Waals surface area contributed by atoms with E-state index in [1.165, 1.54) is 49.1 Å². The first-order valence-electron chi connectivity index (χ1n) is 15.2. The van der Waals surface area contributed by atoms with Crippen LogP contribution in [-0.4, -0.2) is 76.3 Å². The summed E-state index contributed by atoms with van der Waals surface area (Å²) in [6.07, 6.45) is -1.38. The molecule has 0 aliphatic rings. The van der Waals surface area contributed by atoms with E-state index in [9.17, 15) is 32.3 Å². The molecule has 15 heteroatoms. The van der Waals surface area contributed by atoms with Gasteiger partial charge in [0, 0.05) is 23.5 Å². The van der Waals surface area contributed by atoms with Gasteiger partial charge in [-0.15, -0.1) is 0 Å². The molecule has 4 aromatic heterocycles. The van der Waals surface area contributed by atoms with Crippen LogP contribution < -0.4 is 0 Å². The standard InChI is InChI=1S/C18H13F3N2O4.C18H16N2O4/c1-26-16(24)12-7-5-11(6-8-12)14-15(17(25)27-10-18(19,20)21)23-9-3-2-4-13(23)22-14;1-3-24-18(22)16-15(19-14-6-4-5-11-20(14)16)12-7-9-13(10-8-12)17(21)23-2/h2-9H,10H2,1H3;4-11H,3H2,1-2H3. The molecule has 0 saturated heterocycles. The Bertz CT molecular complexity index is 2210. The molecular formula is C36H29F3N4O8. The van der Waals surface area contributed by atoms with Crippen LogP contribution in [0.15, 0.2) is 97.3 Å². The van der Waals surface area contributed by atoms with E-state index in [2.05, 4.69) is 19.4 Å². The Balaban J connectivity index is 0.000000199. The van der Waals surface area contributed by atoms with Crippen molar-refractivity contribution in [1.82, 2.24) is 18.8 Å². The van der Waals surface area contributed by atoms with Crippen molar-refractivity contribution in [3.63, 3.8) is 0 Å². The van der Waals surface area contributed by atoms with Gasteiger partial charge in [0.25, 0.3) is 0 Å². The highest BCUT2D eigenvalue weighted by molar-refractivity contribution is 5.98. The molecule has 6 aromatic rings. The summed E-state index contributed by atoms with van der Waals surface area (Å²) >= 11 is 0. The molecule has 0 atom stereocenters. The highest BCUT2D eigenvalue weighted by atomic mass is 19.4. The molecule has 0 N–H and O–H groups in total. The molecule has 12 nitrogen and oxygen atoms in total. The van der Waals surface area contributed by atoms with Crippen molar-refractivity contribution in [3.05, 3.63) is 120 Å².